The van der Waals surface area contributed by atoms with Crippen molar-refractivity contribution in [1.82, 2.24) is 9.88 Å². The van der Waals surface area contributed by atoms with Crippen LogP contribution in [-0.4, -0.2) is 60.1 Å². The molecule has 8 nitrogen and oxygen atoms in total. The molecule has 1 amide bonds. The van der Waals surface area contributed by atoms with E-state index in [1.54, 1.807) is 0 Å². The third-order valence-corrected chi connectivity index (χ3v) is 2.37. The first kappa shape index (κ1) is 15.4. The fourth-order valence-corrected chi connectivity index (χ4v) is 1.35. The largest absolute Gasteiger partial charge is 0.505 e. The van der Waals surface area contributed by atoms with E-state index in [9.17, 15) is 19.5 Å². The predicted molar refractivity (Wildman–Crippen MR) is 65.8 cm³/mol. The molecule has 108 valence electrons. The fourth-order valence-electron chi connectivity index (χ4n) is 1.35. The van der Waals surface area contributed by atoms with Gasteiger partial charge in [-0.05, 0) is 12.1 Å². The van der Waals surface area contributed by atoms with Gasteiger partial charge in [-0.15, -0.1) is 0 Å². The van der Waals surface area contributed by atoms with Gasteiger partial charge in [0.15, 0.2) is 5.69 Å². The molecule has 0 radical (unpaired) electrons. The average molecular weight is 282 g/mol. The zero-order valence-electron chi connectivity index (χ0n) is 11.0. The van der Waals surface area contributed by atoms with Crippen LogP contribution >= 0.6 is 0 Å². The summed E-state index contributed by atoms with van der Waals surface area (Å²) in [7, 11) is 2.31. The van der Waals surface area contributed by atoms with Crippen LogP contribution in [0.15, 0.2) is 18.3 Å². The molecule has 1 N–H and O–H groups in total. The van der Waals surface area contributed by atoms with E-state index in [1.165, 1.54) is 18.3 Å². The Kier molecular flexibility index (Phi) is 5.45. The number of aromatic nitrogens is 1. The van der Waals surface area contributed by atoms with Gasteiger partial charge in [-0.1, -0.05) is 0 Å². The van der Waals surface area contributed by atoms with E-state index in [2.05, 4.69) is 14.5 Å². The van der Waals surface area contributed by atoms with Gasteiger partial charge < -0.3 is 19.5 Å². The third kappa shape index (κ3) is 3.94. The highest BCUT2D eigenvalue weighted by Gasteiger charge is 2.25. The van der Waals surface area contributed by atoms with E-state index in [4.69, 9.17) is 0 Å². The lowest BCUT2D eigenvalue weighted by Gasteiger charge is -2.19. The van der Waals surface area contributed by atoms with E-state index in [-0.39, 0.29) is 11.4 Å². The van der Waals surface area contributed by atoms with Gasteiger partial charge in [-0.3, -0.25) is 14.4 Å². The lowest BCUT2D eigenvalue weighted by molar-refractivity contribution is -0.144. The maximum absolute atomic E-state index is 12.2. The second-order valence-electron chi connectivity index (χ2n) is 3.68. The van der Waals surface area contributed by atoms with Gasteiger partial charge in [0.2, 0.25) is 0 Å². The van der Waals surface area contributed by atoms with Crippen molar-refractivity contribution in [3.05, 3.63) is 24.0 Å². The molecule has 0 aliphatic carbocycles. The quantitative estimate of drug-likeness (QED) is 0.731. The van der Waals surface area contributed by atoms with Crippen LogP contribution in [0.2, 0.25) is 0 Å². The summed E-state index contributed by atoms with van der Waals surface area (Å²) in [6.07, 6.45) is 1.31. The van der Waals surface area contributed by atoms with Crippen LogP contribution < -0.4 is 0 Å². The summed E-state index contributed by atoms with van der Waals surface area (Å²) in [6, 6.07) is 2.71. The van der Waals surface area contributed by atoms with Gasteiger partial charge >= 0.3 is 11.9 Å². The summed E-state index contributed by atoms with van der Waals surface area (Å²) in [6.45, 7) is -0.916. The monoisotopic (exact) mass is 282 g/mol. The number of carbonyl (C=O) groups excluding carboxylic acids is 3. The number of pyridine rings is 1. The Labute approximate surface area is 114 Å². The first-order chi connectivity index (χ1) is 9.49. The number of hydrogen-bond donors (Lipinski definition) is 1. The minimum Gasteiger partial charge on any atom is -0.505 e. The summed E-state index contributed by atoms with van der Waals surface area (Å²) in [4.78, 5) is 39.3. The molecule has 1 heterocycles. The van der Waals surface area contributed by atoms with Crippen molar-refractivity contribution in [2.75, 3.05) is 27.3 Å². The summed E-state index contributed by atoms with van der Waals surface area (Å²) < 4.78 is 8.89. The van der Waals surface area contributed by atoms with E-state index in [1.807, 2.05) is 0 Å². The lowest BCUT2D eigenvalue weighted by atomic mass is 10.3. The molecule has 0 aromatic carbocycles. The number of hydrogen-bond acceptors (Lipinski definition) is 7. The van der Waals surface area contributed by atoms with Crippen molar-refractivity contribution >= 4 is 17.8 Å². The molecule has 0 saturated heterocycles. The molecule has 8 heteroatoms. The van der Waals surface area contributed by atoms with Gasteiger partial charge in [0.05, 0.1) is 14.2 Å². The fraction of sp³-hybridized carbons (Fsp3) is 0.333. The van der Waals surface area contributed by atoms with Crippen molar-refractivity contribution < 1.29 is 29.0 Å². The molecule has 0 fully saturated rings. The third-order valence-electron chi connectivity index (χ3n) is 2.37. The highest BCUT2D eigenvalue weighted by atomic mass is 16.5. The van der Waals surface area contributed by atoms with Crippen LogP contribution in [0, 0.1) is 0 Å². The number of methoxy groups -OCH3 is 2. The van der Waals surface area contributed by atoms with Gasteiger partial charge in [0.1, 0.15) is 18.8 Å². The zero-order valence-corrected chi connectivity index (χ0v) is 11.0. The molecule has 0 aliphatic heterocycles. The first-order valence-corrected chi connectivity index (χ1v) is 5.56. The highest BCUT2D eigenvalue weighted by Crippen LogP contribution is 2.15. The molecule has 0 bridgehead atoms. The Morgan fingerprint density at radius 1 is 1.20 bits per heavy atom. The molecular formula is C12H14N2O6. The molecule has 0 atom stereocenters. The summed E-state index contributed by atoms with van der Waals surface area (Å²) in [5.74, 6) is -2.55. The molecule has 1 aromatic rings. The maximum atomic E-state index is 12.2. The van der Waals surface area contributed by atoms with Gasteiger partial charge in [0.25, 0.3) is 5.91 Å². The Balaban J connectivity index is 2.97. The Hall–Kier alpha value is -2.64. The molecule has 1 aromatic heterocycles. The second kappa shape index (κ2) is 7.07. The van der Waals surface area contributed by atoms with Crippen molar-refractivity contribution in [3.8, 4) is 5.75 Å². The Morgan fingerprint density at radius 3 is 2.20 bits per heavy atom. The molecule has 0 saturated carbocycles. The number of aromatic hydroxyl groups is 1. The zero-order chi connectivity index (χ0) is 15.1. The molecule has 20 heavy (non-hydrogen) atoms. The molecule has 0 aliphatic rings. The van der Waals surface area contributed by atoms with Crippen LogP contribution in [-0.2, 0) is 19.1 Å². The van der Waals surface area contributed by atoms with E-state index < -0.39 is 30.9 Å². The molecule has 0 unspecified atom stereocenters. The SMILES string of the molecule is COC(=O)CN(CC(=O)OC)C(=O)c1ncccc1O. The first-order valence-electron chi connectivity index (χ1n) is 5.56. The maximum Gasteiger partial charge on any atom is 0.325 e. The standard InChI is InChI=1S/C12H14N2O6/c1-19-9(16)6-14(7-10(17)20-2)12(18)11-8(15)4-3-5-13-11/h3-5,15H,6-7H2,1-2H3. The number of ether oxygens (including phenoxy) is 2. The van der Waals surface area contributed by atoms with E-state index in [0.29, 0.717) is 0 Å². The molecule has 1 rings (SSSR count). The summed E-state index contributed by atoms with van der Waals surface area (Å²) >= 11 is 0. The van der Waals surface area contributed by atoms with Crippen LogP contribution in [0.4, 0.5) is 0 Å². The lowest BCUT2D eigenvalue weighted by Crippen LogP contribution is -2.40. The van der Waals surface area contributed by atoms with Crippen LogP contribution in [0.25, 0.3) is 0 Å². The number of rotatable bonds is 5. The number of amides is 1. The Morgan fingerprint density at radius 2 is 1.75 bits per heavy atom. The predicted octanol–water partition coefficient (Wildman–Crippen LogP) is -0.425. The minimum atomic E-state index is -0.779. The van der Waals surface area contributed by atoms with E-state index >= 15 is 0 Å². The topological polar surface area (TPSA) is 106 Å². The summed E-state index contributed by atoms with van der Waals surface area (Å²) in [5.41, 5.74) is -0.264. The molecular weight excluding hydrogens is 268 g/mol. The highest BCUT2D eigenvalue weighted by molar-refractivity contribution is 5.98. The molecule has 0 spiro atoms. The second-order valence-corrected chi connectivity index (χ2v) is 3.68. The average Bonchev–Trinajstić information content (AvgIpc) is 2.45. The number of esters is 2. The minimum absolute atomic E-state index is 0.264. The van der Waals surface area contributed by atoms with Crippen LogP contribution in [0.5, 0.6) is 5.75 Å². The van der Waals surface area contributed by atoms with Crippen LogP contribution in [0.1, 0.15) is 10.5 Å². The van der Waals surface area contributed by atoms with Crippen molar-refractivity contribution in [2.45, 2.75) is 0 Å². The van der Waals surface area contributed by atoms with Crippen molar-refractivity contribution in [3.63, 3.8) is 0 Å². The van der Waals surface area contributed by atoms with Crippen molar-refractivity contribution in [1.29, 1.82) is 0 Å². The summed E-state index contributed by atoms with van der Waals surface area (Å²) in [5, 5.41) is 9.57. The number of nitrogens with zero attached hydrogens (tertiary/aromatic N) is 2. The van der Waals surface area contributed by atoms with Crippen molar-refractivity contribution in [2.24, 2.45) is 0 Å². The van der Waals surface area contributed by atoms with Gasteiger partial charge in [0, 0.05) is 6.20 Å². The number of carbonyl (C=O) groups is 3. The smallest absolute Gasteiger partial charge is 0.325 e. The normalized spacial score (nSPS) is 9.70. The van der Waals surface area contributed by atoms with Crippen LogP contribution in [0.3, 0.4) is 0 Å². The van der Waals surface area contributed by atoms with E-state index in [0.717, 1.165) is 19.1 Å². The Bertz CT molecular complexity index is 498. The van der Waals surface area contributed by atoms with Gasteiger partial charge in [-0.25, -0.2) is 4.98 Å². The van der Waals surface area contributed by atoms with Gasteiger partial charge in [-0.2, -0.15) is 0 Å².